The number of aryl methyl sites for hydroxylation is 1. The highest BCUT2D eigenvalue weighted by molar-refractivity contribution is 6.37. The third-order valence-corrected chi connectivity index (χ3v) is 3.73. The molecule has 0 bridgehead atoms. The number of amides is 1. The van der Waals surface area contributed by atoms with E-state index in [0.29, 0.717) is 26.9 Å². The monoisotopic (exact) mass is 350 g/mol. The molecule has 0 saturated heterocycles. The molecule has 0 aliphatic carbocycles. The van der Waals surface area contributed by atoms with E-state index in [4.69, 9.17) is 23.2 Å². The Labute approximate surface area is 142 Å². The summed E-state index contributed by atoms with van der Waals surface area (Å²) in [5, 5.41) is 14.3. The molecule has 1 N–H and O–H groups in total. The fourth-order valence-electron chi connectivity index (χ4n) is 1.90. The zero-order chi connectivity index (χ0) is 17.0. The average Bonchev–Trinajstić information content (AvgIpc) is 2.48. The van der Waals surface area contributed by atoms with Crippen LogP contribution >= 0.6 is 23.2 Å². The largest absolute Gasteiger partial charge is 0.322 e. The van der Waals surface area contributed by atoms with Gasteiger partial charge in [-0.05, 0) is 31.2 Å². The Hall–Kier alpha value is -2.37. The number of nitrogens with one attached hydrogen (secondary N) is 1. The van der Waals surface area contributed by atoms with E-state index in [1.165, 1.54) is 18.2 Å². The van der Waals surface area contributed by atoms with Crippen molar-refractivity contribution in [1.82, 2.24) is 0 Å². The number of carbonyl (C=O) groups excluding carboxylic acids is 1. The summed E-state index contributed by atoms with van der Waals surface area (Å²) in [5.41, 5.74) is 1.33. The molecule has 23 heavy (non-hydrogen) atoms. The van der Waals surface area contributed by atoms with Gasteiger partial charge in [-0.15, -0.1) is 0 Å². The van der Waals surface area contributed by atoms with Crippen molar-refractivity contribution in [3.05, 3.63) is 73.8 Å². The first kappa shape index (κ1) is 17.0. The Morgan fingerprint density at radius 3 is 2.48 bits per heavy atom. The molecule has 2 aromatic carbocycles. The normalized spacial score (nSPS) is 10.7. The number of hydrogen-bond acceptors (Lipinski definition) is 3. The van der Waals surface area contributed by atoms with Gasteiger partial charge in [0.15, 0.2) is 0 Å². The molecule has 1 amide bonds. The lowest BCUT2D eigenvalue weighted by molar-refractivity contribution is -0.385. The predicted molar refractivity (Wildman–Crippen MR) is 92.0 cm³/mol. The van der Waals surface area contributed by atoms with Gasteiger partial charge in [-0.1, -0.05) is 35.3 Å². The van der Waals surface area contributed by atoms with E-state index in [1.807, 2.05) is 0 Å². The summed E-state index contributed by atoms with van der Waals surface area (Å²) in [4.78, 5) is 22.3. The highest BCUT2D eigenvalue weighted by atomic mass is 35.5. The van der Waals surface area contributed by atoms with Gasteiger partial charge in [-0.2, -0.15) is 0 Å². The molecular weight excluding hydrogens is 339 g/mol. The van der Waals surface area contributed by atoms with Crippen LogP contribution in [0.15, 0.2) is 42.5 Å². The summed E-state index contributed by atoms with van der Waals surface area (Å²) in [5.74, 6) is -0.445. The molecule has 0 aliphatic heterocycles. The van der Waals surface area contributed by atoms with Crippen molar-refractivity contribution < 1.29 is 9.72 Å². The van der Waals surface area contributed by atoms with Crippen LogP contribution in [0.4, 0.5) is 11.4 Å². The third-order valence-electron chi connectivity index (χ3n) is 3.07. The van der Waals surface area contributed by atoms with Crippen molar-refractivity contribution in [2.75, 3.05) is 5.32 Å². The molecule has 0 saturated carbocycles. The average molecular weight is 351 g/mol. The summed E-state index contributed by atoms with van der Waals surface area (Å²) in [6.07, 6.45) is 2.75. The first-order chi connectivity index (χ1) is 10.9. The molecule has 0 spiro atoms. The van der Waals surface area contributed by atoms with Gasteiger partial charge in [0.25, 0.3) is 5.69 Å². The summed E-state index contributed by atoms with van der Waals surface area (Å²) >= 11 is 12.0. The van der Waals surface area contributed by atoms with E-state index in [9.17, 15) is 14.9 Å². The van der Waals surface area contributed by atoms with E-state index in [-0.39, 0.29) is 5.69 Å². The topological polar surface area (TPSA) is 72.2 Å². The minimum atomic E-state index is -0.496. The number of hydrogen-bond donors (Lipinski definition) is 1. The van der Waals surface area contributed by atoms with E-state index in [1.54, 1.807) is 37.3 Å². The number of benzene rings is 2. The number of rotatable bonds is 4. The molecule has 0 unspecified atom stereocenters. The minimum Gasteiger partial charge on any atom is -0.322 e. The van der Waals surface area contributed by atoms with Crippen molar-refractivity contribution in [2.24, 2.45) is 0 Å². The number of nitro groups is 1. The van der Waals surface area contributed by atoms with E-state index in [2.05, 4.69) is 5.32 Å². The maximum atomic E-state index is 11.9. The third kappa shape index (κ3) is 4.31. The minimum absolute atomic E-state index is 0.0547. The zero-order valence-electron chi connectivity index (χ0n) is 12.0. The standard InChI is InChI=1S/C16H12Cl2N2O3/c1-10-5-6-11(9-15(10)20(22)23)19-16(21)8-7-12-13(17)3-2-4-14(12)18/h2-9H,1H3,(H,19,21). The molecule has 2 rings (SSSR count). The lowest BCUT2D eigenvalue weighted by Gasteiger charge is -2.04. The maximum Gasteiger partial charge on any atom is 0.274 e. The maximum absolute atomic E-state index is 11.9. The van der Waals surface area contributed by atoms with Crippen LogP contribution in [0.5, 0.6) is 0 Å². The molecule has 0 heterocycles. The Bertz CT molecular complexity index is 784. The second kappa shape index (κ2) is 7.26. The molecule has 7 heteroatoms. The lowest BCUT2D eigenvalue weighted by atomic mass is 10.2. The first-order valence-electron chi connectivity index (χ1n) is 6.56. The molecule has 0 aliphatic rings. The summed E-state index contributed by atoms with van der Waals surface area (Å²) < 4.78 is 0. The highest BCUT2D eigenvalue weighted by Gasteiger charge is 2.11. The quantitative estimate of drug-likeness (QED) is 0.486. The molecule has 5 nitrogen and oxygen atoms in total. The summed E-state index contributed by atoms with van der Waals surface area (Å²) in [7, 11) is 0. The Balaban J connectivity index is 2.15. The van der Waals surface area contributed by atoms with Gasteiger partial charge in [0.05, 0.1) is 4.92 Å². The van der Waals surface area contributed by atoms with Crippen molar-refractivity contribution >= 4 is 46.6 Å². The molecule has 118 valence electrons. The smallest absolute Gasteiger partial charge is 0.274 e. The van der Waals surface area contributed by atoms with Gasteiger partial charge in [0.2, 0.25) is 5.91 Å². The van der Waals surface area contributed by atoms with Crippen LogP contribution in [0, 0.1) is 17.0 Å². The Morgan fingerprint density at radius 1 is 1.22 bits per heavy atom. The first-order valence-corrected chi connectivity index (χ1v) is 7.32. The van der Waals surface area contributed by atoms with Gasteiger partial charge in [-0.25, -0.2) is 0 Å². The van der Waals surface area contributed by atoms with Crippen LogP contribution in [-0.4, -0.2) is 10.8 Å². The summed E-state index contributed by atoms with van der Waals surface area (Å²) in [6.45, 7) is 1.63. The van der Waals surface area contributed by atoms with Crippen LogP contribution in [0.1, 0.15) is 11.1 Å². The van der Waals surface area contributed by atoms with Crippen LogP contribution < -0.4 is 5.32 Å². The fourth-order valence-corrected chi connectivity index (χ4v) is 2.42. The van der Waals surface area contributed by atoms with E-state index < -0.39 is 10.8 Å². The van der Waals surface area contributed by atoms with Gasteiger partial charge < -0.3 is 5.32 Å². The van der Waals surface area contributed by atoms with Crippen molar-refractivity contribution in [3.8, 4) is 0 Å². The van der Waals surface area contributed by atoms with E-state index >= 15 is 0 Å². The summed E-state index contributed by atoms with van der Waals surface area (Å²) in [6, 6.07) is 9.50. The van der Waals surface area contributed by atoms with Gasteiger partial charge >= 0.3 is 0 Å². The highest BCUT2D eigenvalue weighted by Crippen LogP contribution is 2.26. The molecule has 0 aromatic heterocycles. The van der Waals surface area contributed by atoms with Crippen LogP contribution in [-0.2, 0) is 4.79 Å². The van der Waals surface area contributed by atoms with Crippen molar-refractivity contribution in [1.29, 1.82) is 0 Å². The second-order valence-corrected chi connectivity index (χ2v) is 5.53. The van der Waals surface area contributed by atoms with Crippen LogP contribution in [0.25, 0.3) is 6.08 Å². The SMILES string of the molecule is Cc1ccc(NC(=O)C=Cc2c(Cl)cccc2Cl)cc1[N+](=O)[O-]. The molecule has 0 fully saturated rings. The van der Waals surface area contributed by atoms with E-state index in [0.717, 1.165) is 0 Å². The lowest BCUT2D eigenvalue weighted by Crippen LogP contribution is -2.08. The molecule has 2 aromatic rings. The number of carbonyl (C=O) groups is 1. The van der Waals surface area contributed by atoms with Gasteiger partial charge in [0, 0.05) is 39.0 Å². The molecule has 0 atom stereocenters. The second-order valence-electron chi connectivity index (χ2n) is 4.72. The van der Waals surface area contributed by atoms with Gasteiger partial charge in [0.1, 0.15) is 0 Å². The van der Waals surface area contributed by atoms with Crippen molar-refractivity contribution in [2.45, 2.75) is 6.92 Å². The fraction of sp³-hybridized carbons (Fsp3) is 0.0625. The number of halogens is 2. The number of nitro benzene ring substituents is 1. The van der Waals surface area contributed by atoms with Gasteiger partial charge in [-0.3, -0.25) is 14.9 Å². The molecule has 0 radical (unpaired) electrons. The number of nitrogens with zero attached hydrogens (tertiary/aromatic N) is 1. The van der Waals surface area contributed by atoms with Crippen LogP contribution in [0.3, 0.4) is 0 Å². The van der Waals surface area contributed by atoms with Crippen LogP contribution in [0.2, 0.25) is 10.0 Å². The Morgan fingerprint density at radius 2 is 1.87 bits per heavy atom. The predicted octanol–water partition coefficient (Wildman–Crippen LogP) is 4.86. The zero-order valence-corrected chi connectivity index (χ0v) is 13.6. The van der Waals surface area contributed by atoms with Crippen molar-refractivity contribution in [3.63, 3.8) is 0 Å². The Kier molecular flexibility index (Phi) is 5.36. The number of anilines is 1. The molecular formula is C16H12Cl2N2O3.